The van der Waals surface area contributed by atoms with Crippen LogP contribution in [0.2, 0.25) is 0 Å². The molecule has 0 bridgehead atoms. The van der Waals surface area contributed by atoms with Crippen LogP contribution in [-0.4, -0.2) is 56.0 Å². The smallest absolute Gasteiger partial charge is 0.0747 e. The first-order valence-electron chi connectivity index (χ1n) is 7.78. The van der Waals surface area contributed by atoms with Gasteiger partial charge in [-0.1, -0.05) is 13.8 Å². The summed E-state index contributed by atoms with van der Waals surface area (Å²) < 4.78 is 11.3. The maximum Gasteiger partial charge on any atom is 0.0747 e. The zero-order valence-corrected chi connectivity index (χ0v) is 13.1. The Labute approximate surface area is 118 Å². The molecule has 0 aromatic heterocycles. The number of nitrogens with two attached hydrogens (primary N) is 1. The Bertz CT molecular complexity index is 234. The van der Waals surface area contributed by atoms with E-state index in [0.29, 0.717) is 24.7 Å². The summed E-state index contributed by atoms with van der Waals surface area (Å²) in [5, 5.41) is 0. The molecular formula is C15H32N2O2. The van der Waals surface area contributed by atoms with Gasteiger partial charge in [-0.05, 0) is 32.6 Å². The predicted octanol–water partition coefficient (Wildman–Crippen LogP) is 2.02. The SMILES string of the molecule is CCC(CC)N(CCOC)C(CN)C1CCC(C)O1. The third-order valence-electron chi connectivity index (χ3n) is 4.33. The van der Waals surface area contributed by atoms with Crippen molar-refractivity contribution in [2.75, 3.05) is 26.8 Å². The van der Waals surface area contributed by atoms with Crippen LogP contribution in [0, 0.1) is 0 Å². The third-order valence-corrected chi connectivity index (χ3v) is 4.33. The van der Waals surface area contributed by atoms with Crippen LogP contribution in [-0.2, 0) is 9.47 Å². The molecule has 0 radical (unpaired) electrons. The molecule has 0 aromatic carbocycles. The molecule has 0 aliphatic carbocycles. The Kier molecular flexibility index (Phi) is 7.91. The number of methoxy groups -OCH3 is 1. The first kappa shape index (κ1) is 16.9. The second-order valence-electron chi connectivity index (χ2n) is 5.57. The van der Waals surface area contributed by atoms with Gasteiger partial charge in [-0.25, -0.2) is 0 Å². The van der Waals surface area contributed by atoms with E-state index in [-0.39, 0.29) is 6.10 Å². The lowest BCUT2D eigenvalue weighted by Gasteiger charge is -2.39. The molecule has 3 unspecified atom stereocenters. The van der Waals surface area contributed by atoms with E-state index in [9.17, 15) is 0 Å². The average molecular weight is 272 g/mol. The summed E-state index contributed by atoms with van der Waals surface area (Å²) in [4.78, 5) is 2.52. The molecule has 0 amide bonds. The van der Waals surface area contributed by atoms with Crippen LogP contribution in [0.25, 0.3) is 0 Å². The minimum atomic E-state index is 0.289. The Morgan fingerprint density at radius 3 is 2.42 bits per heavy atom. The van der Waals surface area contributed by atoms with Gasteiger partial charge < -0.3 is 15.2 Å². The number of ether oxygens (including phenoxy) is 2. The molecular weight excluding hydrogens is 240 g/mol. The summed E-state index contributed by atoms with van der Waals surface area (Å²) in [5.41, 5.74) is 6.06. The normalized spacial score (nSPS) is 25.4. The maximum absolute atomic E-state index is 6.06. The fraction of sp³-hybridized carbons (Fsp3) is 1.00. The molecule has 1 fully saturated rings. The van der Waals surface area contributed by atoms with Crippen LogP contribution in [0.4, 0.5) is 0 Å². The molecule has 1 saturated heterocycles. The van der Waals surface area contributed by atoms with Gasteiger partial charge in [-0.3, -0.25) is 4.90 Å². The molecule has 4 heteroatoms. The molecule has 19 heavy (non-hydrogen) atoms. The molecule has 0 aromatic rings. The van der Waals surface area contributed by atoms with Gasteiger partial charge in [0.15, 0.2) is 0 Å². The molecule has 0 spiro atoms. The van der Waals surface area contributed by atoms with E-state index in [1.54, 1.807) is 7.11 Å². The lowest BCUT2D eigenvalue weighted by Crippen LogP contribution is -2.53. The van der Waals surface area contributed by atoms with Gasteiger partial charge in [-0.15, -0.1) is 0 Å². The second-order valence-corrected chi connectivity index (χ2v) is 5.57. The van der Waals surface area contributed by atoms with Gasteiger partial charge in [0.1, 0.15) is 0 Å². The monoisotopic (exact) mass is 272 g/mol. The highest BCUT2D eigenvalue weighted by Gasteiger charge is 2.34. The van der Waals surface area contributed by atoms with Gasteiger partial charge >= 0.3 is 0 Å². The van der Waals surface area contributed by atoms with Crippen molar-refractivity contribution in [2.45, 2.75) is 70.7 Å². The van der Waals surface area contributed by atoms with Crippen LogP contribution in [0.1, 0.15) is 46.5 Å². The first-order valence-corrected chi connectivity index (χ1v) is 7.78. The number of rotatable bonds is 9. The van der Waals surface area contributed by atoms with Crippen LogP contribution in [0.3, 0.4) is 0 Å². The largest absolute Gasteiger partial charge is 0.383 e. The molecule has 0 saturated carbocycles. The standard InChI is InChI=1S/C15H32N2O2/c1-5-13(6-2)17(9-10-18-4)14(11-16)15-8-7-12(3)19-15/h12-15H,5-11,16H2,1-4H3. The van der Waals surface area contributed by atoms with E-state index in [1.165, 1.54) is 0 Å². The zero-order valence-electron chi connectivity index (χ0n) is 13.1. The van der Waals surface area contributed by atoms with Gasteiger partial charge in [-0.2, -0.15) is 0 Å². The lowest BCUT2D eigenvalue weighted by molar-refractivity contribution is -0.0259. The molecule has 1 rings (SSSR count). The first-order chi connectivity index (χ1) is 9.17. The molecule has 1 aliphatic rings. The lowest BCUT2D eigenvalue weighted by atomic mass is 10.0. The van der Waals surface area contributed by atoms with E-state index >= 15 is 0 Å². The van der Waals surface area contributed by atoms with Crippen molar-refractivity contribution in [3.63, 3.8) is 0 Å². The van der Waals surface area contributed by atoms with E-state index in [1.807, 2.05) is 0 Å². The van der Waals surface area contributed by atoms with Crippen molar-refractivity contribution in [3.05, 3.63) is 0 Å². The van der Waals surface area contributed by atoms with Crippen molar-refractivity contribution in [1.82, 2.24) is 4.90 Å². The molecule has 1 heterocycles. The number of hydrogen-bond acceptors (Lipinski definition) is 4. The highest BCUT2D eigenvalue weighted by atomic mass is 16.5. The van der Waals surface area contributed by atoms with Crippen molar-refractivity contribution < 1.29 is 9.47 Å². The number of nitrogens with zero attached hydrogens (tertiary/aromatic N) is 1. The Morgan fingerprint density at radius 2 is 2.00 bits per heavy atom. The van der Waals surface area contributed by atoms with E-state index in [0.717, 1.165) is 38.8 Å². The molecule has 4 nitrogen and oxygen atoms in total. The van der Waals surface area contributed by atoms with Crippen LogP contribution in [0.15, 0.2) is 0 Å². The Morgan fingerprint density at radius 1 is 1.32 bits per heavy atom. The van der Waals surface area contributed by atoms with E-state index in [4.69, 9.17) is 15.2 Å². The molecule has 114 valence electrons. The highest BCUT2D eigenvalue weighted by Crippen LogP contribution is 2.26. The van der Waals surface area contributed by atoms with Gasteiger partial charge in [0.2, 0.25) is 0 Å². The molecule has 1 aliphatic heterocycles. The Hall–Kier alpha value is -0.160. The van der Waals surface area contributed by atoms with Crippen LogP contribution >= 0.6 is 0 Å². The molecule has 2 N–H and O–H groups in total. The molecule has 3 atom stereocenters. The third kappa shape index (κ3) is 4.71. The minimum absolute atomic E-state index is 0.289. The van der Waals surface area contributed by atoms with Gasteiger partial charge in [0.05, 0.1) is 18.8 Å². The van der Waals surface area contributed by atoms with Gasteiger partial charge in [0, 0.05) is 32.3 Å². The zero-order chi connectivity index (χ0) is 14.3. The summed E-state index contributed by atoms with van der Waals surface area (Å²) in [5.74, 6) is 0. The van der Waals surface area contributed by atoms with Crippen LogP contribution in [0.5, 0.6) is 0 Å². The van der Waals surface area contributed by atoms with Crippen molar-refractivity contribution in [3.8, 4) is 0 Å². The van der Waals surface area contributed by atoms with Crippen molar-refractivity contribution in [1.29, 1.82) is 0 Å². The summed E-state index contributed by atoms with van der Waals surface area (Å²) >= 11 is 0. The Balaban J connectivity index is 2.73. The van der Waals surface area contributed by atoms with E-state index in [2.05, 4.69) is 25.7 Å². The van der Waals surface area contributed by atoms with Gasteiger partial charge in [0.25, 0.3) is 0 Å². The fourth-order valence-electron chi connectivity index (χ4n) is 3.19. The highest BCUT2D eigenvalue weighted by molar-refractivity contribution is 4.88. The summed E-state index contributed by atoms with van der Waals surface area (Å²) in [6, 6.07) is 0.896. The van der Waals surface area contributed by atoms with Crippen LogP contribution < -0.4 is 5.73 Å². The quantitative estimate of drug-likeness (QED) is 0.697. The maximum atomic E-state index is 6.06. The minimum Gasteiger partial charge on any atom is -0.383 e. The summed E-state index contributed by atoms with van der Waals surface area (Å²) in [6.07, 6.45) is 5.26. The van der Waals surface area contributed by atoms with E-state index < -0.39 is 0 Å². The van der Waals surface area contributed by atoms with Crippen molar-refractivity contribution >= 4 is 0 Å². The van der Waals surface area contributed by atoms with Crippen molar-refractivity contribution in [2.24, 2.45) is 5.73 Å². The number of hydrogen-bond donors (Lipinski definition) is 1. The summed E-state index contributed by atoms with van der Waals surface area (Å²) in [7, 11) is 1.76. The topological polar surface area (TPSA) is 47.7 Å². The fourth-order valence-corrected chi connectivity index (χ4v) is 3.19. The second kappa shape index (κ2) is 8.90. The predicted molar refractivity (Wildman–Crippen MR) is 79.4 cm³/mol. The summed E-state index contributed by atoms with van der Waals surface area (Å²) in [6.45, 7) is 9.02. The average Bonchev–Trinajstić information content (AvgIpc) is 2.84.